The van der Waals surface area contributed by atoms with Gasteiger partial charge in [-0.05, 0) is 24.1 Å². The largest absolute Gasteiger partial charge is 0.497 e. The fourth-order valence-corrected chi connectivity index (χ4v) is 1.51. The average molecular weight is 237 g/mol. The predicted octanol–water partition coefficient (Wildman–Crippen LogP) is 1.33. The van der Waals surface area contributed by atoms with Gasteiger partial charge in [-0.1, -0.05) is 19.1 Å². The number of rotatable bonds is 6. The highest BCUT2D eigenvalue weighted by Gasteiger charge is 2.14. The molecule has 4 heteroatoms. The molecule has 0 aliphatic rings. The number of methoxy groups -OCH3 is 1. The van der Waals surface area contributed by atoms with Crippen molar-refractivity contribution in [2.45, 2.75) is 19.9 Å². The molecular weight excluding hydrogens is 218 g/mol. The zero-order valence-electron chi connectivity index (χ0n) is 10.3. The van der Waals surface area contributed by atoms with Gasteiger partial charge in [-0.25, -0.2) is 0 Å². The summed E-state index contributed by atoms with van der Waals surface area (Å²) in [6.07, 6.45) is 0.639. The molecule has 4 nitrogen and oxygen atoms in total. The number of aliphatic hydroxyl groups is 1. The van der Waals surface area contributed by atoms with E-state index in [0.29, 0.717) is 13.0 Å². The standard InChI is InChI=1S/C13H19NO3/c1-3-11(9-15)13(16)14-8-10-5-4-6-12(7-10)17-2/h4-7,11,15H,3,8-9H2,1-2H3,(H,14,16). The van der Waals surface area contributed by atoms with E-state index in [-0.39, 0.29) is 18.4 Å². The Hall–Kier alpha value is -1.55. The van der Waals surface area contributed by atoms with Crippen molar-refractivity contribution < 1.29 is 14.6 Å². The van der Waals surface area contributed by atoms with Gasteiger partial charge >= 0.3 is 0 Å². The predicted molar refractivity (Wildman–Crippen MR) is 65.7 cm³/mol. The molecule has 0 aromatic heterocycles. The zero-order chi connectivity index (χ0) is 12.7. The highest BCUT2D eigenvalue weighted by molar-refractivity contribution is 5.78. The van der Waals surface area contributed by atoms with Gasteiger partial charge in [-0.2, -0.15) is 0 Å². The molecule has 1 atom stereocenters. The van der Waals surface area contributed by atoms with Crippen LogP contribution >= 0.6 is 0 Å². The Morgan fingerprint density at radius 1 is 1.53 bits per heavy atom. The first kappa shape index (κ1) is 13.5. The van der Waals surface area contributed by atoms with Crippen LogP contribution in [0.1, 0.15) is 18.9 Å². The molecule has 1 amide bonds. The van der Waals surface area contributed by atoms with E-state index in [9.17, 15) is 4.79 Å². The second-order valence-electron chi connectivity index (χ2n) is 3.86. The topological polar surface area (TPSA) is 58.6 Å². The third-order valence-corrected chi connectivity index (χ3v) is 2.68. The molecule has 0 bridgehead atoms. The van der Waals surface area contributed by atoms with Crippen LogP contribution in [-0.4, -0.2) is 24.7 Å². The fourth-order valence-electron chi connectivity index (χ4n) is 1.51. The lowest BCUT2D eigenvalue weighted by Crippen LogP contribution is -2.31. The van der Waals surface area contributed by atoms with E-state index in [0.717, 1.165) is 11.3 Å². The molecule has 0 spiro atoms. The van der Waals surface area contributed by atoms with Crippen molar-refractivity contribution in [1.82, 2.24) is 5.32 Å². The lowest BCUT2D eigenvalue weighted by atomic mass is 10.1. The number of benzene rings is 1. The molecule has 0 aliphatic heterocycles. The highest BCUT2D eigenvalue weighted by atomic mass is 16.5. The van der Waals surface area contributed by atoms with Crippen molar-refractivity contribution in [3.05, 3.63) is 29.8 Å². The van der Waals surface area contributed by atoms with Gasteiger partial charge in [0.25, 0.3) is 0 Å². The summed E-state index contributed by atoms with van der Waals surface area (Å²) in [5.74, 6) is 0.337. The summed E-state index contributed by atoms with van der Waals surface area (Å²) in [6, 6.07) is 7.53. The first-order chi connectivity index (χ1) is 8.21. The Bertz CT molecular complexity index is 361. The summed E-state index contributed by atoms with van der Waals surface area (Å²) in [7, 11) is 1.61. The Labute approximate surface area is 102 Å². The molecule has 1 aromatic rings. The summed E-state index contributed by atoms with van der Waals surface area (Å²) < 4.78 is 5.10. The summed E-state index contributed by atoms with van der Waals surface area (Å²) in [4.78, 5) is 11.6. The molecule has 1 unspecified atom stereocenters. The van der Waals surface area contributed by atoms with Crippen LogP contribution in [-0.2, 0) is 11.3 Å². The number of carbonyl (C=O) groups excluding carboxylic acids is 1. The molecule has 94 valence electrons. The van der Waals surface area contributed by atoms with Crippen LogP contribution < -0.4 is 10.1 Å². The van der Waals surface area contributed by atoms with E-state index in [1.165, 1.54) is 0 Å². The summed E-state index contributed by atoms with van der Waals surface area (Å²) in [6.45, 7) is 2.22. The van der Waals surface area contributed by atoms with Gasteiger partial charge in [0.2, 0.25) is 5.91 Å². The van der Waals surface area contributed by atoms with Gasteiger partial charge in [0.15, 0.2) is 0 Å². The van der Waals surface area contributed by atoms with E-state index in [1.54, 1.807) is 7.11 Å². The van der Waals surface area contributed by atoms with Crippen LogP contribution in [0, 0.1) is 5.92 Å². The first-order valence-electron chi connectivity index (χ1n) is 5.72. The van der Waals surface area contributed by atoms with Gasteiger partial charge in [0.05, 0.1) is 19.6 Å². The lowest BCUT2D eigenvalue weighted by Gasteiger charge is -2.12. The number of carbonyl (C=O) groups is 1. The minimum Gasteiger partial charge on any atom is -0.497 e. The maximum Gasteiger partial charge on any atom is 0.225 e. The number of hydrogen-bond donors (Lipinski definition) is 2. The molecule has 0 fully saturated rings. The van der Waals surface area contributed by atoms with Crippen molar-refractivity contribution in [1.29, 1.82) is 0 Å². The number of aliphatic hydroxyl groups excluding tert-OH is 1. The Balaban J connectivity index is 2.52. The Morgan fingerprint density at radius 3 is 2.88 bits per heavy atom. The molecule has 0 saturated heterocycles. The second kappa shape index (κ2) is 6.91. The molecule has 0 aliphatic carbocycles. The number of nitrogens with one attached hydrogen (secondary N) is 1. The van der Waals surface area contributed by atoms with Gasteiger partial charge in [-0.15, -0.1) is 0 Å². The van der Waals surface area contributed by atoms with Crippen LogP contribution in [0.5, 0.6) is 5.75 Å². The average Bonchev–Trinajstić information content (AvgIpc) is 2.38. The van der Waals surface area contributed by atoms with Gasteiger partial charge in [0.1, 0.15) is 5.75 Å². The van der Waals surface area contributed by atoms with Gasteiger partial charge in [-0.3, -0.25) is 4.79 Å². The van der Waals surface area contributed by atoms with E-state index in [1.807, 2.05) is 31.2 Å². The first-order valence-corrected chi connectivity index (χ1v) is 5.72. The van der Waals surface area contributed by atoms with Crippen LogP contribution in [0.3, 0.4) is 0 Å². The van der Waals surface area contributed by atoms with Crippen molar-refractivity contribution >= 4 is 5.91 Å². The second-order valence-corrected chi connectivity index (χ2v) is 3.86. The number of amides is 1. The molecule has 1 rings (SSSR count). The van der Waals surface area contributed by atoms with E-state index >= 15 is 0 Å². The summed E-state index contributed by atoms with van der Waals surface area (Å²) >= 11 is 0. The quantitative estimate of drug-likeness (QED) is 0.784. The molecule has 0 heterocycles. The maximum absolute atomic E-state index is 11.6. The Morgan fingerprint density at radius 2 is 2.29 bits per heavy atom. The minimum atomic E-state index is -0.319. The highest BCUT2D eigenvalue weighted by Crippen LogP contribution is 2.12. The van der Waals surface area contributed by atoms with E-state index in [2.05, 4.69) is 5.32 Å². The van der Waals surface area contributed by atoms with Crippen LogP contribution in [0.15, 0.2) is 24.3 Å². The zero-order valence-corrected chi connectivity index (χ0v) is 10.3. The van der Waals surface area contributed by atoms with Gasteiger partial charge in [0, 0.05) is 6.54 Å². The lowest BCUT2D eigenvalue weighted by molar-refractivity contribution is -0.126. The molecule has 17 heavy (non-hydrogen) atoms. The molecule has 1 aromatic carbocycles. The Kier molecular flexibility index (Phi) is 5.49. The van der Waals surface area contributed by atoms with Crippen LogP contribution in [0.4, 0.5) is 0 Å². The van der Waals surface area contributed by atoms with E-state index < -0.39 is 0 Å². The normalized spacial score (nSPS) is 11.9. The minimum absolute atomic E-state index is 0.111. The maximum atomic E-state index is 11.6. The molecular formula is C13H19NO3. The van der Waals surface area contributed by atoms with Crippen LogP contribution in [0.2, 0.25) is 0 Å². The van der Waals surface area contributed by atoms with Crippen molar-refractivity contribution in [2.24, 2.45) is 5.92 Å². The summed E-state index contributed by atoms with van der Waals surface area (Å²) in [5.41, 5.74) is 0.977. The smallest absolute Gasteiger partial charge is 0.225 e. The van der Waals surface area contributed by atoms with E-state index in [4.69, 9.17) is 9.84 Å². The SMILES string of the molecule is CCC(CO)C(=O)NCc1cccc(OC)c1. The summed E-state index contributed by atoms with van der Waals surface area (Å²) in [5, 5.41) is 11.8. The molecule has 0 radical (unpaired) electrons. The van der Waals surface area contributed by atoms with Gasteiger partial charge < -0.3 is 15.2 Å². The van der Waals surface area contributed by atoms with Crippen LogP contribution in [0.25, 0.3) is 0 Å². The van der Waals surface area contributed by atoms with Crippen molar-refractivity contribution in [3.8, 4) is 5.75 Å². The monoisotopic (exact) mass is 237 g/mol. The van der Waals surface area contributed by atoms with Crippen molar-refractivity contribution in [2.75, 3.05) is 13.7 Å². The third-order valence-electron chi connectivity index (χ3n) is 2.68. The molecule has 0 saturated carbocycles. The molecule has 2 N–H and O–H groups in total. The number of hydrogen-bond acceptors (Lipinski definition) is 3. The third kappa shape index (κ3) is 4.07. The number of ether oxygens (including phenoxy) is 1. The fraction of sp³-hybridized carbons (Fsp3) is 0.462. The van der Waals surface area contributed by atoms with Crippen molar-refractivity contribution in [3.63, 3.8) is 0 Å².